The van der Waals surface area contributed by atoms with Crippen molar-refractivity contribution in [2.24, 2.45) is 0 Å². The lowest BCUT2D eigenvalue weighted by atomic mass is 9.84. The molecule has 0 aromatic carbocycles. The Morgan fingerprint density at radius 1 is 1.36 bits per heavy atom. The first-order valence-corrected chi connectivity index (χ1v) is 5.40. The van der Waals surface area contributed by atoms with Gasteiger partial charge in [0.25, 0.3) is 0 Å². The fourth-order valence-electron chi connectivity index (χ4n) is 2.43. The van der Waals surface area contributed by atoms with E-state index in [1.54, 1.807) is 7.11 Å². The van der Waals surface area contributed by atoms with Gasteiger partial charge in [-0.25, -0.2) is 0 Å². The largest absolute Gasteiger partial charge is 0.378 e. The number of nitrogens with zero attached hydrogens (tertiary/aromatic N) is 1. The number of hydrogen-bond donors (Lipinski definition) is 0. The number of hydrogen-bond acceptors (Lipinski definition) is 3. The van der Waals surface area contributed by atoms with E-state index in [0.29, 0.717) is 6.10 Å². The number of likely N-dealkylation sites (tertiary alicyclic amines) is 1. The minimum absolute atomic E-state index is 0.0159. The third-order valence-electron chi connectivity index (χ3n) is 3.51. The zero-order valence-electron chi connectivity index (χ0n) is 9.67. The molecule has 0 unspecified atom stereocenters. The van der Waals surface area contributed by atoms with Gasteiger partial charge in [-0.15, -0.1) is 0 Å². The van der Waals surface area contributed by atoms with Crippen molar-refractivity contribution in [2.45, 2.75) is 44.4 Å². The van der Waals surface area contributed by atoms with Gasteiger partial charge >= 0.3 is 0 Å². The summed E-state index contributed by atoms with van der Waals surface area (Å²) in [4.78, 5) is 2.45. The molecule has 2 saturated heterocycles. The minimum atomic E-state index is 0.0159. The maximum absolute atomic E-state index is 5.84. The summed E-state index contributed by atoms with van der Waals surface area (Å²) < 4.78 is 11.3. The molecule has 1 atom stereocenters. The predicted octanol–water partition coefficient (Wildman–Crippen LogP) is 1.27. The molecule has 3 nitrogen and oxygen atoms in total. The molecule has 0 amide bonds. The second kappa shape index (κ2) is 3.19. The summed E-state index contributed by atoms with van der Waals surface area (Å²) in [5, 5.41) is 0. The molecule has 0 bridgehead atoms. The zero-order chi connectivity index (χ0) is 10.4. The first-order chi connectivity index (χ1) is 6.48. The van der Waals surface area contributed by atoms with Crippen LogP contribution in [0.3, 0.4) is 0 Å². The summed E-state index contributed by atoms with van der Waals surface area (Å²) in [5.74, 6) is 0. The van der Waals surface area contributed by atoms with Crippen LogP contribution in [-0.4, -0.2) is 49.0 Å². The molecule has 3 heteroatoms. The van der Waals surface area contributed by atoms with Crippen LogP contribution in [0.4, 0.5) is 0 Å². The van der Waals surface area contributed by atoms with Gasteiger partial charge in [-0.1, -0.05) is 0 Å². The summed E-state index contributed by atoms with van der Waals surface area (Å²) in [5.41, 5.74) is 0.275. The molecule has 0 aromatic rings. The summed E-state index contributed by atoms with van der Waals surface area (Å²) in [6, 6.07) is 0. The monoisotopic (exact) mass is 199 g/mol. The zero-order valence-corrected chi connectivity index (χ0v) is 9.67. The summed E-state index contributed by atoms with van der Waals surface area (Å²) in [6.07, 6.45) is 1.36. The first-order valence-electron chi connectivity index (χ1n) is 5.40. The van der Waals surface area contributed by atoms with Gasteiger partial charge in [0.2, 0.25) is 0 Å². The van der Waals surface area contributed by atoms with Crippen LogP contribution in [0.15, 0.2) is 0 Å². The van der Waals surface area contributed by atoms with Crippen molar-refractivity contribution in [1.29, 1.82) is 0 Å². The van der Waals surface area contributed by atoms with E-state index in [4.69, 9.17) is 9.47 Å². The van der Waals surface area contributed by atoms with Gasteiger partial charge in [-0.05, 0) is 27.2 Å². The Bertz CT molecular complexity index is 216. The highest BCUT2D eigenvalue weighted by atomic mass is 16.6. The molecule has 0 aromatic heterocycles. The van der Waals surface area contributed by atoms with Gasteiger partial charge in [0.05, 0.1) is 12.7 Å². The van der Waals surface area contributed by atoms with Crippen LogP contribution < -0.4 is 0 Å². The lowest BCUT2D eigenvalue weighted by molar-refractivity contribution is -0.182. The standard InChI is InChI=1S/C11H21NO2/c1-10(2,3)12-7-11(8-12)9(13-4)5-6-14-11/h9H,5-8H2,1-4H3/t9-/m1/s1. The molecule has 82 valence electrons. The van der Waals surface area contributed by atoms with E-state index in [2.05, 4.69) is 25.7 Å². The quantitative estimate of drug-likeness (QED) is 0.635. The van der Waals surface area contributed by atoms with Gasteiger partial charge in [0.15, 0.2) is 0 Å². The molecule has 2 aliphatic rings. The van der Waals surface area contributed by atoms with Gasteiger partial charge in [-0.3, -0.25) is 4.90 Å². The number of methoxy groups -OCH3 is 1. The third kappa shape index (κ3) is 1.47. The van der Waals surface area contributed by atoms with Crippen molar-refractivity contribution in [1.82, 2.24) is 4.90 Å². The Kier molecular flexibility index (Phi) is 2.37. The molecule has 2 aliphatic heterocycles. The highest BCUT2D eigenvalue weighted by Gasteiger charge is 2.55. The summed E-state index contributed by atoms with van der Waals surface area (Å²) >= 11 is 0. The van der Waals surface area contributed by atoms with Crippen molar-refractivity contribution in [2.75, 3.05) is 26.8 Å². The maximum Gasteiger partial charge on any atom is 0.119 e. The van der Waals surface area contributed by atoms with Crippen LogP contribution >= 0.6 is 0 Å². The molecule has 0 saturated carbocycles. The van der Waals surface area contributed by atoms with Gasteiger partial charge in [0, 0.05) is 25.7 Å². The smallest absolute Gasteiger partial charge is 0.119 e. The van der Waals surface area contributed by atoms with E-state index in [1.807, 2.05) is 0 Å². The summed E-state index contributed by atoms with van der Waals surface area (Å²) in [6.45, 7) is 9.64. The third-order valence-corrected chi connectivity index (χ3v) is 3.51. The molecule has 0 aliphatic carbocycles. The Morgan fingerprint density at radius 2 is 2.00 bits per heavy atom. The van der Waals surface area contributed by atoms with Crippen LogP contribution in [-0.2, 0) is 9.47 Å². The highest BCUT2D eigenvalue weighted by Crippen LogP contribution is 2.39. The van der Waals surface area contributed by atoms with E-state index in [0.717, 1.165) is 26.1 Å². The molecule has 14 heavy (non-hydrogen) atoms. The second-order valence-electron chi connectivity index (χ2n) is 5.45. The average Bonchev–Trinajstić information content (AvgIpc) is 2.41. The van der Waals surface area contributed by atoms with Crippen molar-refractivity contribution in [3.8, 4) is 0 Å². The Hall–Kier alpha value is -0.120. The lowest BCUT2D eigenvalue weighted by Crippen LogP contribution is -2.70. The number of ether oxygens (including phenoxy) is 2. The molecule has 1 spiro atoms. The fraction of sp³-hybridized carbons (Fsp3) is 1.00. The fourth-order valence-corrected chi connectivity index (χ4v) is 2.43. The SMILES string of the molecule is CO[C@@H]1CCOC12CN(C(C)(C)C)C2. The van der Waals surface area contributed by atoms with Crippen molar-refractivity contribution >= 4 is 0 Å². The van der Waals surface area contributed by atoms with E-state index in [-0.39, 0.29) is 11.1 Å². The van der Waals surface area contributed by atoms with Crippen LogP contribution in [0.25, 0.3) is 0 Å². The molecule has 0 N–H and O–H groups in total. The van der Waals surface area contributed by atoms with Crippen molar-refractivity contribution in [3.05, 3.63) is 0 Å². The molecular formula is C11H21NO2. The van der Waals surface area contributed by atoms with E-state index in [9.17, 15) is 0 Å². The Labute approximate surface area is 86.4 Å². The minimum Gasteiger partial charge on any atom is -0.378 e. The van der Waals surface area contributed by atoms with Crippen LogP contribution in [0.2, 0.25) is 0 Å². The van der Waals surface area contributed by atoms with Gasteiger partial charge in [-0.2, -0.15) is 0 Å². The topological polar surface area (TPSA) is 21.7 Å². The Balaban J connectivity index is 1.97. The number of rotatable bonds is 1. The van der Waals surface area contributed by atoms with E-state index in [1.165, 1.54) is 0 Å². The molecule has 2 fully saturated rings. The molecule has 2 rings (SSSR count). The van der Waals surface area contributed by atoms with Crippen LogP contribution in [0.1, 0.15) is 27.2 Å². The van der Waals surface area contributed by atoms with Crippen LogP contribution in [0, 0.1) is 0 Å². The van der Waals surface area contributed by atoms with Gasteiger partial charge in [0.1, 0.15) is 5.60 Å². The predicted molar refractivity (Wildman–Crippen MR) is 55.4 cm³/mol. The lowest BCUT2D eigenvalue weighted by Gasteiger charge is -2.55. The molecular weight excluding hydrogens is 178 g/mol. The normalized spacial score (nSPS) is 32.1. The maximum atomic E-state index is 5.84. The first kappa shape index (κ1) is 10.4. The van der Waals surface area contributed by atoms with Crippen LogP contribution in [0.5, 0.6) is 0 Å². The van der Waals surface area contributed by atoms with Crippen molar-refractivity contribution < 1.29 is 9.47 Å². The molecule has 0 radical (unpaired) electrons. The summed E-state index contributed by atoms with van der Waals surface area (Å²) in [7, 11) is 1.79. The highest BCUT2D eigenvalue weighted by molar-refractivity contribution is 5.08. The van der Waals surface area contributed by atoms with Crippen molar-refractivity contribution in [3.63, 3.8) is 0 Å². The van der Waals surface area contributed by atoms with E-state index >= 15 is 0 Å². The average molecular weight is 199 g/mol. The second-order valence-corrected chi connectivity index (χ2v) is 5.45. The molecule has 2 heterocycles. The Morgan fingerprint density at radius 3 is 2.50 bits per heavy atom. The van der Waals surface area contributed by atoms with E-state index < -0.39 is 0 Å². The van der Waals surface area contributed by atoms with Gasteiger partial charge < -0.3 is 9.47 Å².